The van der Waals surface area contributed by atoms with E-state index in [1.165, 1.54) is 12.4 Å². The van der Waals surface area contributed by atoms with E-state index in [2.05, 4.69) is 4.98 Å². The molecule has 5 rings (SSSR count). The van der Waals surface area contributed by atoms with E-state index in [4.69, 9.17) is 59.0 Å². The maximum Gasteiger partial charge on any atom is 0.410 e. The Bertz CT molecular complexity index is 1500. The van der Waals surface area contributed by atoms with Gasteiger partial charge in [-0.2, -0.15) is 0 Å². The van der Waals surface area contributed by atoms with E-state index < -0.39 is 17.6 Å². The first-order valence-corrected chi connectivity index (χ1v) is 14.2. The fourth-order valence-electron chi connectivity index (χ4n) is 4.87. The Morgan fingerprint density at radius 2 is 1.81 bits per heavy atom. The van der Waals surface area contributed by atoms with E-state index >= 15 is 0 Å². The molecule has 2 aromatic carbocycles. The lowest BCUT2D eigenvalue weighted by atomic mass is 9.97. The molecule has 2 aliphatic rings. The van der Waals surface area contributed by atoms with Gasteiger partial charge in [0.05, 0.1) is 22.4 Å². The molecule has 1 fully saturated rings. The van der Waals surface area contributed by atoms with Crippen molar-refractivity contribution in [1.82, 2.24) is 9.88 Å². The van der Waals surface area contributed by atoms with Gasteiger partial charge < -0.3 is 29.6 Å². The van der Waals surface area contributed by atoms with Crippen LogP contribution < -0.4 is 20.9 Å². The molecule has 2 aliphatic heterocycles. The van der Waals surface area contributed by atoms with Crippen molar-refractivity contribution in [3.05, 3.63) is 81.1 Å². The molecule has 42 heavy (non-hydrogen) atoms. The number of likely N-dealkylation sites (tertiary alicyclic amines) is 1. The van der Waals surface area contributed by atoms with Gasteiger partial charge in [0.25, 0.3) is 0 Å². The van der Waals surface area contributed by atoms with Gasteiger partial charge in [-0.25, -0.2) is 4.79 Å². The first-order valence-electron chi connectivity index (χ1n) is 13.5. The topological polar surface area (TPSA) is 146 Å². The first-order chi connectivity index (χ1) is 19.8. The zero-order valence-corrected chi connectivity index (χ0v) is 25.1. The number of nitrogens with two attached hydrogens (primary N) is 2. The molecule has 0 radical (unpaired) electrons. The normalized spacial score (nSPS) is 16.8. The number of nitrogens with zero attached hydrogens (tertiary/aromatic N) is 2. The Labute approximate surface area is 254 Å². The van der Waals surface area contributed by atoms with Crippen LogP contribution >= 0.6 is 23.2 Å². The Balaban J connectivity index is 1.27. The van der Waals surface area contributed by atoms with Gasteiger partial charge in [0.15, 0.2) is 6.23 Å². The summed E-state index contributed by atoms with van der Waals surface area (Å²) in [5, 5.41) is 9.47. The third-order valence-corrected chi connectivity index (χ3v) is 7.65. The minimum Gasteiger partial charge on any atom is -0.471 e. The summed E-state index contributed by atoms with van der Waals surface area (Å²) in [7, 11) is 0. The van der Waals surface area contributed by atoms with E-state index in [-0.39, 0.29) is 21.9 Å². The van der Waals surface area contributed by atoms with Crippen LogP contribution in [0.3, 0.4) is 0 Å². The van der Waals surface area contributed by atoms with Crippen molar-refractivity contribution < 1.29 is 23.7 Å². The highest BCUT2D eigenvalue weighted by Crippen LogP contribution is 2.39. The predicted molar refractivity (Wildman–Crippen MR) is 160 cm³/mol. The highest BCUT2D eigenvalue weighted by molar-refractivity contribution is 6.35. The number of ether oxygens (including phenoxy) is 4. The van der Waals surface area contributed by atoms with Crippen molar-refractivity contribution >= 4 is 40.7 Å². The first kappa shape index (κ1) is 29.9. The number of nitrogen functional groups attached to an aromatic ring is 1. The quantitative estimate of drug-likeness (QED) is 0.179. The van der Waals surface area contributed by atoms with E-state index in [9.17, 15) is 4.79 Å². The van der Waals surface area contributed by atoms with E-state index in [1.54, 1.807) is 23.1 Å². The number of halogens is 2. The number of hydrogen-bond donors (Lipinski definition) is 3. The van der Waals surface area contributed by atoms with Crippen molar-refractivity contribution in [1.29, 1.82) is 5.41 Å². The molecule has 1 aromatic heterocycles. The monoisotopic (exact) mass is 613 g/mol. The van der Waals surface area contributed by atoms with E-state index in [0.717, 1.165) is 5.56 Å². The molecule has 12 heteroatoms. The Hall–Kier alpha value is -3.57. The molecule has 10 nitrogen and oxygen atoms in total. The molecule has 0 aliphatic carbocycles. The van der Waals surface area contributed by atoms with Gasteiger partial charge in [0.2, 0.25) is 5.79 Å². The molecule has 1 atom stereocenters. The summed E-state index contributed by atoms with van der Waals surface area (Å²) < 4.78 is 23.9. The number of hydrogen-bond acceptors (Lipinski definition) is 9. The Kier molecular flexibility index (Phi) is 8.26. The second-order valence-corrected chi connectivity index (χ2v) is 12.1. The van der Waals surface area contributed by atoms with Crippen LogP contribution in [0.4, 0.5) is 10.5 Å². The summed E-state index contributed by atoms with van der Waals surface area (Å²) in [4.78, 5) is 18.1. The van der Waals surface area contributed by atoms with Gasteiger partial charge in [0, 0.05) is 66.3 Å². The lowest BCUT2D eigenvalue weighted by molar-refractivity contribution is -0.226. The number of benzene rings is 2. The summed E-state index contributed by atoms with van der Waals surface area (Å²) in [5.74, 6) is 0.270. The fourth-order valence-corrected chi connectivity index (χ4v) is 5.45. The molecule has 0 bridgehead atoms. The smallest absolute Gasteiger partial charge is 0.410 e. The van der Waals surface area contributed by atoms with Gasteiger partial charge in [-0.15, -0.1) is 0 Å². The van der Waals surface area contributed by atoms with Gasteiger partial charge in [-0.05, 0) is 57.2 Å². The summed E-state index contributed by atoms with van der Waals surface area (Å²) in [5.41, 5.74) is 14.8. The number of rotatable bonds is 5. The van der Waals surface area contributed by atoms with Gasteiger partial charge >= 0.3 is 6.09 Å². The molecule has 1 spiro atoms. The number of anilines is 1. The highest BCUT2D eigenvalue weighted by atomic mass is 35.5. The lowest BCUT2D eigenvalue weighted by Crippen LogP contribution is -2.53. The van der Waals surface area contributed by atoms with Crippen LogP contribution in [0, 0.1) is 5.41 Å². The minimum absolute atomic E-state index is 0.195. The molecular weight excluding hydrogens is 581 g/mol. The number of amides is 1. The van der Waals surface area contributed by atoms with Gasteiger partial charge in [-0.1, -0.05) is 23.2 Å². The molecule has 1 amide bonds. The van der Waals surface area contributed by atoms with Crippen LogP contribution in [-0.2, 0) is 16.1 Å². The van der Waals surface area contributed by atoms with Crippen LogP contribution in [0.25, 0.3) is 0 Å². The van der Waals surface area contributed by atoms with Crippen molar-refractivity contribution in [2.75, 3.05) is 18.8 Å². The number of pyridine rings is 1. The third kappa shape index (κ3) is 6.42. The third-order valence-electron chi connectivity index (χ3n) is 7.04. The maximum absolute atomic E-state index is 12.5. The van der Waals surface area contributed by atoms with Crippen LogP contribution in [0.15, 0.2) is 48.8 Å². The molecule has 1 saturated heterocycles. The summed E-state index contributed by atoms with van der Waals surface area (Å²) >= 11 is 12.4. The highest BCUT2D eigenvalue weighted by Gasteiger charge is 2.42. The van der Waals surface area contributed by atoms with E-state index in [1.807, 2.05) is 39.0 Å². The largest absolute Gasteiger partial charge is 0.471 e. The Morgan fingerprint density at radius 3 is 2.48 bits per heavy atom. The predicted octanol–water partition coefficient (Wildman–Crippen LogP) is 6.06. The average molecular weight is 615 g/mol. The number of carbonyl (C=O) groups is 1. The van der Waals surface area contributed by atoms with Crippen LogP contribution in [0.2, 0.25) is 10.0 Å². The van der Waals surface area contributed by atoms with Crippen molar-refractivity contribution in [3.8, 4) is 11.5 Å². The number of fused-ring (bicyclic) bond motifs is 1. The number of piperidine rings is 1. The van der Waals surface area contributed by atoms with Crippen LogP contribution in [0.5, 0.6) is 11.5 Å². The number of nitrogens with one attached hydrogen (secondary N) is 1. The lowest BCUT2D eigenvalue weighted by Gasteiger charge is -2.44. The van der Waals surface area contributed by atoms with Gasteiger partial charge in [0.1, 0.15) is 17.1 Å². The molecule has 5 N–H and O–H groups in total. The number of carbonyl (C=O) groups excluding carboxylic acids is 1. The van der Waals surface area contributed by atoms with Crippen molar-refractivity contribution in [2.24, 2.45) is 5.73 Å². The molecule has 3 heterocycles. The van der Waals surface area contributed by atoms with Crippen LogP contribution in [0.1, 0.15) is 62.1 Å². The summed E-state index contributed by atoms with van der Waals surface area (Å²) in [6.07, 6.45) is 2.62. The standard InChI is InChI=1S/C30H33Cl2N5O5/c1-29(2,3)42-28(38)37-10-8-30(9-11-37)39-16-18-12-17(4-7-24(18)41-30)26(34)20-13-19(5-6-23(20)33)40-27(35)25-21(31)14-36-15-22(25)32/h4-7,12-15,27,34H,8-11,16,33,35H2,1-3H3/t27-/m0/s1. The molecule has 0 saturated carbocycles. The van der Waals surface area contributed by atoms with Crippen molar-refractivity contribution in [2.45, 2.75) is 57.8 Å². The zero-order valence-electron chi connectivity index (χ0n) is 23.6. The second kappa shape index (κ2) is 11.6. The summed E-state index contributed by atoms with van der Waals surface area (Å²) in [6, 6.07) is 10.5. The second-order valence-electron chi connectivity index (χ2n) is 11.3. The zero-order chi connectivity index (χ0) is 30.2. The van der Waals surface area contributed by atoms with Crippen LogP contribution in [-0.4, -0.2) is 46.2 Å². The van der Waals surface area contributed by atoms with Gasteiger partial charge in [-0.3, -0.25) is 16.1 Å². The SMILES string of the molecule is CC(C)(C)OC(=O)N1CCC2(CC1)OCc1cc(C(=N)c3cc(O[C@H](N)c4c(Cl)cncc4Cl)ccc3N)ccc1O2. The molecule has 222 valence electrons. The Morgan fingerprint density at radius 1 is 1.12 bits per heavy atom. The van der Waals surface area contributed by atoms with Crippen molar-refractivity contribution in [3.63, 3.8) is 0 Å². The maximum atomic E-state index is 12.5. The minimum atomic E-state index is -0.958. The molecule has 3 aromatic rings. The number of aromatic nitrogens is 1. The average Bonchev–Trinajstić information content (AvgIpc) is 2.93. The molecule has 0 unspecified atom stereocenters. The summed E-state index contributed by atoms with van der Waals surface area (Å²) in [6.45, 7) is 6.78. The van der Waals surface area contributed by atoms with E-state index in [0.29, 0.717) is 66.4 Å². The molecular formula is C30H33Cl2N5O5. The fraction of sp³-hybridized carbons (Fsp3) is 0.367.